The SMILES string of the molecule is C=C(C)C(CC)C(CC)=C(C)C. The van der Waals surface area contributed by atoms with E-state index in [-0.39, 0.29) is 0 Å². The van der Waals surface area contributed by atoms with Crippen LogP contribution in [0.4, 0.5) is 0 Å². The second kappa shape index (κ2) is 5.18. The van der Waals surface area contributed by atoms with Crippen molar-refractivity contribution in [2.24, 2.45) is 5.92 Å². The van der Waals surface area contributed by atoms with Crippen LogP contribution in [0.25, 0.3) is 0 Å². The second-order valence-electron chi connectivity index (χ2n) is 3.69. The smallest absolute Gasteiger partial charge is 0.000121 e. The Kier molecular flexibility index (Phi) is 4.96. The monoisotopic (exact) mass is 166 g/mol. The molecule has 12 heavy (non-hydrogen) atoms. The van der Waals surface area contributed by atoms with Gasteiger partial charge in [-0.15, -0.1) is 0 Å². The average Bonchev–Trinajstić information content (AvgIpc) is 1.98. The summed E-state index contributed by atoms with van der Waals surface area (Å²) in [4.78, 5) is 0. The Morgan fingerprint density at radius 3 is 1.75 bits per heavy atom. The van der Waals surface area contributed by atoms with Crippen LogP contribution in [-0.2, 0) is 0 Å². The summed E-state index contributed by atoms with van der Waals surface area (Å²) in [6.07, 6.45) is 2.34. The van der Waals surface area contributed by atoms with Crippen molar-refractivity contribution in [3.8, 4) is 0 Å². The molecule has 70 valence electrons. The van der Waals surface area contributed by atoms with Gasteiger partial charge in [-0.2, -0.15) is 0 Å². The molecule has 0 aliphatic rings. The fourth-order valence-corrected chi connectivity index (χ4v) is 1.84. The predicted octanol–water partition coefficient (Wildman–Crippen LogP) is 4.34. The lowest BCUT2D eigenvalue weighted by atomic mass is 9.86. The van der Waals surface area contributed by atoms with Crippen molar-refractivity contribution in [3.63, 3.8) is 0 Å². The largest absolute Gasteiger partial charge is 0.0995 e. The van der Waals surface area contributed by atoms with E-state index >= 15 is 0 Å². The summed E-state index contributed by atoms with van der Waals surface area (Å²) in [6, 6.07) is 0. The van der Waals surface area contributed by atoms with Gasteiger partial charge in [-0.1, -0.05) is 37.1 Å². The van der Waals surface area contributed by atoms with Gasteiger partial charge in [0.15, 0.2) is 0 Å². The summed E-state index contributed by atoms with van der Waals surface area (Å²) >= 11 is 0. The predicted molar refractivity (Wildman–Crippen MR) is 57.3 cm³/mol. The number of hydrogen-bond acceptors (Lipinski definition) is 0. The third kappa shape index (κ3) is 2.84. The first-order valence-corrected chi connectivity index (χ1v) is 4.86. The van der Waals surface area contributed by atoms with E-state index in [0.717, 1.165) is 6.42 Å². The van der Waals surface area contributed by atoms with E-state index in [1.807, 2.05) is 0 Å². The molecular formula is C12H22. The molecule has 0 amide bonds. The van der Waals surface area contributed by atoms with E-state index in [1.165, 1.54) is 17.6 Å². The van der Waals surface area contributed by atoms with Crippen molar-refractivity contribution in [1.82, 2.24) is 0 Å². The zero-order chi connectivity index (χ0) is 9.72. The van der Waals surface area contributed by atoms with Crippen molar-refractivity contribution in [2.75, 3.05) is 0 Å². The van der Waals surface area contributed by atoms with Crippen molar-refractivity contribution in [2.45, 2.75) is 47.5 Å². The molecule has 0 N–H and O–H groups in total. The Hall–Kier alpha value is -0.520. The van der Waals surface area contributed by atoms with Gasteiger partial charge in [0.1, 0.15) is 0 Å². The van der Waals surface area contributed by atoms with Crippen LogP contribution < -0.4 is 0 Å². The van der Waals surface area contributed by atoms with Gasteiger partial charge < -0.3 is 0 Å². The van der Waals surface area contributed by atoms with Gasteiger partial charge in [0, 0.05) is 5.92 Å². The summed E-state index contributed by atoms with van der Waals surface area (Å²) in [6.45, 7) is 15.0. The van der Waals surface area contributed by atoms with Gasteiger partial charge in [-0.05, 0) is 33.6 Å². The fourth-order valence-electron chi connectivity index (χ4n) is 1.84. The molecule has 1 unspecified atom stereocenters. The first kappa shape index (κ1) is 11.5. The molecule has 0 saturated carbocycles. The van der Waals surface area contributed by atoms with Crippen LogP contribution in [0.2, 0.25) is 0 Å². The summed E-state index contributed by atoms with van der Waals surface area (Å²) in [5.74, 6) is 0.611. The third-order valence-electron chi connectivity index (χ3n) is 2.45. The maximum atomic E-state index is 4.04. The Labute approximate surface area is 77.4 Å². The van der Waals surface area contributed by atoms with Gasteiger partial charge in [-0.25, -0.2) is 0 Å². The highest BCUT2D eigenvalue weighted by Gasteiger charge is 2.11. The number of allylic oxidation sites excluding steroid dienone is 3. The van der Waals surface area contributed by atoms with Gasteiger partial charge in [0.2, 0.25) is 0 Å². The summed E-state index contributed by atoms with van der Waals surface area (Å²) < 4.78 is 0. The summed E-state index contributed by atoms with van der Waals surface area (Å²) in [5, 5.41) is 0. The van der Waals surface area contributed by atoms with E-state index < -0.39 is 0 Å². The lowest BCUT2D eigenvalue weighted by Gasteiger charge is -2.19. The highest BCUT2D eigenvalue weighted by molar-refractivity contribution is 5.21. The zero-order valence-electron chi connectivity index (χ0n) is 9.20. The maximum Gasteiger partial charge on any atom is 0.000121 e. The molecule has 0 heterocycles. The second-order valence-corrected chi connectivity index (χ2v) is 3.69. The molecule has 0 heteroatoms. The van der Waals surface area contributed by atoms with Gasteiger partial charge in [0.25, 0.3) is 0 Å². The lowest BCUT2D eigenvalue weighted by molar-refractivity contribution is 0.654. The molecule has 0 spiro atoms. The molecular weight excluding hydrogens is 144 g/mol. The van der Waals surface area contributed by atoms with Crippen LogP contribution in [0.3, 0.4) is 0 Å². The average molecular weight is 166 g/mol. The van der Waals surface area contributed by atoms with Crippen molar-refractivity contribution < 1.29 is 0 Å². The Balaban J connectivity index is 4.69. The normalized spacial score (nSPS) is 12.4. The van der Waals surface area contributed by atoms with Crippen LogP contribution in [0, 0.1) is 5.92 Å². The molecule has 0 bridgehead atoms. The first-order chi connectivity index (χ1) is 5.54. The van der Waals surface area contributed by atoms with Crippen molar-refractivity contribution in [3.05, 3.63) is 23.3 Å². The van der Waals surface area contributed by atoms with Crippen LogP contribution in [0.15, 0.2) is 23.3 Å². The van der Waals surface area contributed by atoms with E-state index in [1.54, 1.807) is 5.57 Å². The molecule has 0 saturated heterocycles. The molecule has 0 aromatic heterocycles. The van der Waals surface area contributed by atoms with Gasteiger partial charge >= 0.3 is 0 Å². The minimum Gasteiger partial charge on any atom is -0.0995 e. The number of rotatable bonds is 4. The Morgan fingerprint density at radius 2 is 1.67 bits per heavy atom. The molecule has 0 fully saturated rings. The Bertz CT molecular complexity index is 180. The van der Waals surface area contributed by atoms with E-state index in [0.29, 0.717) is 5.92 Å². The molecule has 0 aromatic carbocycles. The fraction of sp³-hybridized carbons (Fsp3) is 0.667. The van der Waals surface area contributed by atoms with E-state index in [9.17, 15) is 0 Å². The molecule has 0 rings (SSSR count). The molecule has 0 aliphatic heterocycles. The first-order valence-electron chi connectivity index (χ1n) is 4.86. The van der Waals surface area contributed by atoms with E-state index in [4.69, 9.17) is 0 Å². The third-order valence-corrected chi connectivity index (χ3v) is 2.45. The topological polar surface area (TPSA) is 0 Å². The van der Waals surface area contributed by atoms with Crippen LogP contribution in [0.5, 0.6) is 0 Å². The quantitative estimate of drug-likeness (QED) is 0.545. The van der Waals surface area contributed by atoms with Crippen LogP contribution in [0.1, 0.15) is 47.5 Å². The lowest BCUT2D eigenvalue weighted by Crippen LogP contribution is -2.04. The highest BCUT2D eigenvalue weighted by atomic mass is 14.2. The van der Waals surface area contributed by atoms with Crippen molar-refractivity contribution >= 4 is 0 Å². The molecule has 1 atom stereocenters. The molecule has 0 nitrogen and oxygen atoms in total. The summed E-state index contributed by atoms with van der Waals surface area (Å²) in [5.41, 5.74) is 4.34. The van der Waals surface area contributed by atoms with Crippen LogP contribution in [-0.4, -0.2) is 0 Å². The maximum absolute atomic E-state index is 4.04. The molecule has 0 radical (unpaired) electrons. The van der Waals surface area contributed by atoms with Gasteiger partial charge in [-0.3, -0.25) is 0 Å². The zero-order valence-corrected chi connectivity index (χ0v) is 9.20. The summed E-state index contributed by atoms with van der Waals surface area (Å²) in [7, 11) is 0. The molecule has 0 aliphatic carbocycles. The Morgan fingerprint density at radius 1 is 1.17 bits per heavy atom. The highest BCUT2D eigenvalue weighted by Crippen LogP contribution is 2.27. The van der Waals surface area contributed by atoms with Crippen LogP contribution >= 0.6 is 0 Å². The standard InChI is InChI=1S/C12H22/c1-7-11(9(3)4)12(8-2)10(5)6/h11H,3,7-8H2,1-2,4-6H3. The minimum atomic E-state index is 0.611. The number of hydrogen-bond donors (Lipinski definition) is 0. The molecule has 0 aromatic rings. The van der Waals surface area contributed by atoms with E-state index in [2.05, 4.69) is 41.2 Å². The van der Waals surface area contributed by atoms with Gasteiger partial charge in [0.05, 0.1) is 0 Å². The minimum absolute atomic E-state index is 0.611. The van der Waals surface area contributed by atoms with Crippen molar-refractivity contribution in [1.29, 1.82) is 0 Å².